The van der Waals surface area contributed by atoms with Crippen molar-refractivity contribution >= 4 is 24.2 Å². The second-order valence-electron chi connectivity index (χ2n) is 11.5. The lowest BCUT2D eigenvalue weighted by atomic mass is 9.97. The molecule has 0 N–H and O–H groups in total. The van der Waals surface area contributed by atoms with Crippen LogP contribution in [0.5, 0.6) is 11.5 Å². The summed E-state index contributed by atoms with van der Waals surface area (Å²) in [4.78, 5) is 46.4. The molecule has 1 aliphatic rings. The molecule has 0 fully saturated rings. The average molecular weight is 697 g/mol. The highest BCUT2D eigenvalue weighted by atomic mass is 16.8. The highest BCUT2D eigenvalue weighted by Crippen LogP contribution is 2.45. The SMILES string of the molecule is C=C(C)C(=O)OCOC(=O)Oc1ccc(C#Cc2ccc3c(c2)C(C)c2cc(C#Cc4ccc(OC(=O)OCOC(=O)C(=C)C)cc4)ccc2-3)cc1. The van der Waals surface area contributed by atoms with Crippen LogP contribution in [-0.2, 0) is 28.5 Å². The van der Waals surface area contributed by atoms with Crippen molar-refractivity contribution in [3.05, 3.63) is 143 Å². The molecule has 4 aromatic rings. The van der Waals surface area contributed by atoms with Gasteiger partial charge in [-0.1, -0.05) is 55.9 Å². The van der Waals surface area contributed by atoms with Crippen LogP contribution in [0.3, 0.4) is 0 Å². The molecule has 0 saturated heterocycles. The fourth-order valence-electron chi connectivity index (χ4n) is 4.92. The molecule has 10 nitrogen and oxygen atoms in total. The summed E-state index contributed by atoms with van der Waals surface area (Å²) in [5, 5.41) is 0. The third-order valence-corrected chi connectivity index (χ3v) is 7.57. The summed E-state index contributed by atoms with van der Waals surface area (Å²) in [6.07, 6.45) is -2.02. The molecule has 10 heteroatoms. The van der Waals surface area contributed by atoms with Gasteiger partial charge in [0.1, 0.15) is 11.5 Å². The zero-order valence-electron chi connectivity index (χ0n) is 28.6. The van der Waals surface area contributed by atoms with Crippen molar-refractivity contribution in [2.45, 2.75) is 26.7 Å². The number of rotatable bonds is 8. The molecule has 0 unspecified atom stereocenters. The van der Waals surface area contributed by atoms with Gasteiger partial charge in [-0.05, 0) is 109 Å². The summed E-state index contributed by atoms with van der Waals surface area (Å²) in [6, 6.07) is 25.6. The number of carbonyl (C=O) groups is 4. The number of esters is 2. The van der Waals surface area contributed by atoms with Crippen LogP contribution in [0.15, 0.2) is 109 Å². The number of fused-ring (bicyclic) bond motifs is 3. The Bertz CT molecular complexity index is 2030. The van der Waals surface area contributed by atoms with Crippen LogP contribution in [0.25, 0.3) is 11.1 Å². The van der Waals surface area contributed by atoms with Gasteiger partial charge < -0.3 is 28.4 Å². The molecule has 1 aliphatic carbocycles. The molecule has 0 radical (unpaired) electrons. The van der Waals surface area contributed by atoms with Gasteiger partial charge in [0.25, 0.3) is 0 Å². The van der Waals surface area contributed by atoms with Gasteiger partial charge in [0.2, 0.25) is 13.6 Å². The van der Waals surface area contributed by atoms with Crippen LogP contribution >= 0.6 is 0 Å². The van der Waals surface area contributed by atoms with E-state index in [1.54, 1.807) is 48.5 Å². The molecular weight excluding hydrogens is 664 g/mol. The smallest absolute Gasteiger partial charge is 0.424 e. The highest BCUT2D eigenvalue weighted by Gasteiger charge is 2.25. The highest BCUT2D eigenvalue weighted by molar-refractivity contribution is 5.87. The molecule has 4 aromatic carbocycles. The Morgan fingerprint density at radius 1 is 0.538 bits per heavy atom. The van der Waals surface area contributed by atoms with E-state index < -0.39 is 37.8 Å². The van der Waals surface area contributed by atoms with Gasteiger partial charge in [-0.15, -0.1) is 0 Å². The fourth-order valence-corrected chi connectivity index (χ4v) is 4.92. The van der Waals surface area contributed by atoms with Gasteiger partial charge in [0.15, 0.2) is 0 Å². The number of carbonyl (C=O) groups excluding carboxylic acids is 4. The third-order valence-electron chi connectivity index (χ3n) is 7.57. The van der Waals surface area contributed by atoms with E-state index in [0.717, 1.165) is 33.4 Å². The number of hydrogen-bond acceptors (Lipinski definition) is 10. The normalized spacial score (nSPS) is 10.8. The standard InChI is InChI=1S/C42H32O10/c1-26(2)39(43)47-24-49-41(45)51-33-16-10-29(11-17-33)6-8-31-14-20-35-36-21-15-32(23-38(36)28(5)37(35)22-31)9-7-30-12-18-34(19-13-30)52-42(46)50-25-48-40(44)27(3)4/h10-23,28H,1,3,24-25H2,2,4-5H3. The van der Waals surface area contributed by atoms with Gasteiger partial charge in [-0.25, -0.2) is 19.2 Å². The second kappa shape index (κ2) is 16.6. The minimum atomic E-state index is -1.01. The predicted molar refractivity (Wildman–Crippen MR) is 190 cm³/mol. The van der Waals surface area contributed by atoms with E-state index in [1.165, 1.54) is 25.0 Å². The molecule has 260 valence electrons. The summed E-state index contributed by atoms with van der Waals surface area (Å²) in [5.74, 6) is 12.0. The van der Waals surface area contributed by atoms with Crippen molar-refractivity contribution in [1.29, 1.82) is 0 Å². The Hall–Kier alpha value is -7.04. The molecule has 0 spiro atoms. The molecular formula is C42H32O10. The number of hydrogen-bond donors (Lipinski definition) is 0. The number of ether oxygens (including phenoxy) is 6. The van der Waals surface area contributed by atoms with Crippen molar-refractivity contribution in [3.8, 4) is 46.3 Å². The van der Waals surface area contributed by atoms with Gasteiger partial charge in [0, 0.05) is 39.3 Å². The van der Waals surface area contributed by atoms with Crippen LogP contribution in [0.1, 0.15) is 60.1 Å². The van der Waals surface area contributed by atoms with E-state index in [0.29, 0.717) is 0 Å². The van der Waals surface area contributed by atoms with Crippen molar-refractivity contribution < 1.29 is 47.6 Å². The largest absolute Gasteiger partial charge is 0.516 e. The van der Waals surface area contributed by atoms with Gasteiger partial charge in [-0.3, -0.25) is 0 Å². The van der Waals surface area contributed by atoms with E-state index in [9.17, 15) is 19.2 Å². The first-order valence-corrected chi connectivity index (χ1v) is 15.8. The van der Waals surface area contributed by atoms with E-state index in [4.69, 9.17) is 28.4 Å². The van der Waals surface area contributed by atoms with E-state index in [1.807, 2.05) is 12.1 Å². The van der Waals surface area contributed by atoms with Crippen molar-refractivity contribution in [2.24, 2.45) is 0 Å². The van der Waals surface area contributed by atoms with Crippen LogP contribution in [-0.4, -0.2) is 37.8 Å². The average Bonchev–Trinajstić information content (AvgIpc) is 3.40. The molecule has 5 rings (SSSR count). The molecule has 0 amide bonds. The predicted octanol–water partition coefficient (Wildman–Crippen LogP) is 7.80. The van der Waals surface area contributed by atoms with E-state index in [2.05, 4.69) is 68.0 Å². The van der Waals surface area contributed by atoms with Crippen LogP contribution in [0.2, 0.25) is 0 Å². The molecule has 0 aliphatic heterocycles. The maximum Gasteiger partial charge on any atom is 0.516 e. The van der Waals surface area contributed by atoms with E-state index in [-0.39, 0.29) is 28.6 Å². The molecule has 52 heavy (non-hydrogen) atoms. The summed E-state index contributed by atoms with van der Waals surface area (Å²) >= 11 is 0. The summed E-state index contributed by atoms with van der Waals surface area (Å²) in [7, 11) is 0. The minimum absolute atomic E-state index is 0.134. The van der Waals surface area contributed by atoms with Crippen LogP contribution in [0.4, 0.5) is 9.59 Å². The maximum absolute atomic E-state index is 11.8. The Balaban J connectivity index is 1.16. The van der Waals surface area contributed by atoms with E-state index >= 15 is 0 Å². The lowest BCUT2D eigenvalue weighted by molar-refractivity contribution is -0.148. The summed E-state index contributed by atoms with van der Waals surface area (Å²) < 4.78 is 29.0. The monoisotopic (exact) mass is 696 g/mol. The first-order valence-electron chi connectivity index (χ1n) is 15.8. The van der Waals surface area contributed by atoms with Crippen molar-refractivity contribution in [1.82, 2.24) is 0 Å². The van der Waals surface area contributed by atoms with Gasteiger partial charge in [-0.2, -0.15) is 0 Å². The first-order chi connectivity index (χ1) is 25.0. The second-order valence-corrected chi connectivity index (χ2v) is 11.5. The Morgan fingerprint density at radius 2 is 0.885 bits per heavy atom. The lowest BCUT2D eigenvalue weighted by Gasteiger charge is -2.07. The third kappa shape index (κ3) is 9.56. The van der Waals surface area contributed by atoms with Gasteiger partial charge in [0.05, 0.1) is 0 Å². The molecule has 0 atom stereocenters. The molecule has 0 bridgehead atoms. The zero-order chi connectivity index (χ0) is 37.2. The first kappa shape index (κ1) is 36.2. The van der Waals surface area contributed by atoms with Gasteiger partial charge >= 0.3 is 24.2 Å². The quantitative estimate of drug-likeness (QED) is 0.0593. The van der Waals surface area contributed by atoms with Crippen LogP contribution < -0.4 is 9.47 Å². The number of benzene rings is 4. The maximum atomic E-state index is 11.8. The molecule has 0 saturated carbocycles. The topological polar surface area (TPSA) is 124 Å². The minimum Gasteiger partial charge on any atom is -0.424 e. The van der Waals surface area contributed by atoms with Crippen LogP contribution in [0, 0.1) is 23.7 Å². The van der Waals surface area contributed by atoms with Crippen molar-refractivity contribution in [2.75, 3.05) is 13.6 Å². The Labute approximate surface area is 300 Å². The summed E-state index contributed by atoms with van der Waals surface area (Å²) in [6.45, 7) is 10.8. The lowest BCUT2D eigenvalue weighted by Crippen LogP contribution is -2.15. The zero-order valence-corrected chi connectivity index (χ0v) is 28.6. The van der Waals surface area contributed by atoms with Crippen molar-refractivity contribution in [3.63, 3.8) is 0 Å². The molecule has 0 heterocycles. The summed E-state index contributed by atoms with van der Waals surface area (Å²) in [5.41, 5.74) is 8.19. The Kier molecular flexibility index (Phi) is 11.6. The Morgan fingerprint density at radius 3 is 1.25 bits per heavy atom. The fraction of sp³-hybridized carbons (Fsp3) is 0.143. The molecule has 0 aromatic heterocycles.